The van der Waals surface area contributed by atoms with Crippen LogP contribution < -0.4 is 0 Å². The molecule has 1 aromatic heterocycles. The molecule has 3 nitrogen and oxygen atoms in total. The summed E-state index contributed by atoms with van der Waals surface area (Å²) in [5.41, 5.74) is 0.908. The Labute approximate surface area is 59.3 Å². The first-order valence-electron chi connectivity index (χ1n) is 3.17. The van der Waals surface area contributed by atoms with Gasteiger partial charge in [0, 0.05) is 0 Å². The van der Waals surface area contributed by atoms with E-state index in [-0.39, 0.29) is 6.42 Å². The average Bonchev–Trinajstić information content (AvgIpc) is 2.37. The molecule has 0 aliphatic heterocycles. The molecular weight excluding hydrogens is 128 g/mol. The molecule has 0 unspecified atom stereocenters. The topological polar surface area (TPSA) is 49.8 Å². The summed E-state index contributed by atoms with van der Waals surface area (Å²) in [6, 6.07) is 1.97. The van der Waals surface area contributed by atoms with Crippen LogP contribution in [-0.2, 0) is 12.8 Å². The first-order valence-corrected chi connectivity index (χ1v) is 3.17. The number of hydrogen-bond donors (Lipinski definition) is 0. The van der Waals surface area contributed by atoms with Crippen LogP contribution >= 0.6 is 0 Å². The lowest BCUT2D eigenvalue weighted by Crippen LogP contribution is -1.82. The molecule has 0 saturated carbocycles. The molecule has 1 rings (SSSR count). The van der Waals surface area contributed by atoms with Crippen LogP contribution in [0.1, 0.15) is 18.5 Å². The molecular formula is C7H8N2O. The second-order valence-electron chi connectivity index (χ2n) is 1.92. The van der Waals surface area contributed by atoms with Crippen molar-refractivity contribution in [3.8, 4) is 6.07 Å². The zero-order valence-corrected chi connectivity index (χ0v) is 5.79. The summed E-state index contributed by atoms with van der Waals surface area (Å²) in [4.78, 5) is 4.03. The van der Waals surface area contributed by atoms with Gasteiger partial charge in [0.05, 0.1) is 11.8 Å². The third-order valence-electron chi connectivity index (χ3n) is 1.19. The van der Waals surface area contributed by atoms with Crippen molar-refractivity contribution in [2.24, 2.45) is 0 Å². The van der Waals surface area contributed by atoms with Crippen LogP contribution in [0.3, 0.4) is 0 Å². The third-order valence-corrected chi connectivity index (χ3v) is 1.19. The van der Waals surface area contributed by atoms with Crippen LogP contribution in [0.5, 0.6) is 0 Å². The van der Waals surface area contributed by atoms with Crippen LogP contribution in [-0.4, -0.2) is 4.98 Å². The summed E-state index contributed by atoms with van der Waals surface area (Å²) < 4.78 is 4.96. The van der Waals surface area contributed by atoms with Gasteiger partial charge in [-0.25, -0.2) is 4.98 Å². The van der Waals surface area contributed by atoms with E-state index in [4.69, 9.17) is 9.68 Å². The van der Waals surface area contributed by atoms with E-state index in [1.54, 1.807) is 6.26 Å². The minimum Gasteiger partial charge on any atom is -0.448 e. The van der Waals surface area contributed by atoms with Gasteiger partial charge >= 0.3 is 0 Å². The number of aromatic nitrogens is 1. The van der Waals surface area contributed by atoms with Gasteiger partial charge in [0.25, 0.3) is 0 Å². The monoisotopic (exact) mass is 136 g/mol. The second-order valence-corrected chi connectivity index (χ2v) is 1.92. The predicted octanol–water partition coefficient (Wildman–Crippen LogP) is 1.30. The van der Waals surface area contributed by atoms with E-state index in [0.29, 0.717) is 5.89 Å². The summed E-state index contributed by atoms with van der Waals surface area (Å²) in [6.45, 7) is 1.99. The standard InChI is InChI=1S/C7H8N2O/c1-2-6-5-10-7(9-6)3-4-8/h5H,2-3H2,1H3. The fourth-order valence-electron chi connectivity index (χ4n) is 0.660. The Hall–Kier alpha value is -1.30. The molecule has 0 amide bonds. The Balaban J connectivity index is 2.70. The van der Waals surface area contributed by atoms with Crippen molar-refractivity contribution in [1.29, 1.82) is 5.26 Å². The van der Waals surface area contributed by atoms with E-state index in [1.807, 2.05) is 13.0 Å². The van der Waals surface area contributed by atoms with Crippen LogP contribution in [0, 0.1) is 11.3 Å². The van der Waals surface area contributed by atoms with Gasteiger partial charge in [0.15, 0.2) is 0 Å². The molecule has 0 aromatic carbocycles. The number of aryl methyl sites for hydroxylation is 1. The number of hydrogen-bond acceptors (Lipinski definition) is 3. The molecule has 0 radical (unpaired) electrons. The first kappa shape index (κ1) is 6.81. The molecule has 0 fully saturated rings. The lowest BCUT2D eigenvalue weighted by atomic mass is 10.4. The highest BCUT2D eigenvalue weighted by Crippen LogP contribution is 2.01. The van der Waals surface area contributed by atoms with E-state index in [9.17, 15) is 0 Å². The quantitative estimate of drug-likeness (QED) is 0.615. The molecule has 0 aliphatic rings. The van der Waals surface area contributed by atoms with Crippen LogP contribution in [0.25, 0.3) is 0 Å². The second kappa shape index (κ2) is 3.02. The van der Waals surface area contributed by atoms with Crippen molar-refractivity contribution < 1.29 is 4.42 Å². The Morgan fingerprint density at radius 3 is 3.10 bits per heavy atom. The summed E-state index contributed by atoms with van der Waals surface area (Å²) >= 11 is 0. The molecule has 0 aliphatic carbocycles. The minimum atomic E-state index is 0.264. The zero-order chi connectivity index (χ0) is 7.40. The molecule has 0 N–H and O–H groups in total. The SMILES string of the molecule is CCc1coc(CC#N)n1. The summed E-state index contributed by atoms with van der Waals surface area (Å²) in [6.07, 6.45) is 2.71. The molecule has 0 bridgehead atoms. The molecule has 10 heavy (non-hydrogen) atoms. The van der Waals surface area contributed by atoms with Crippen LogP contribution in [0.15, 0.2) is 10.7 Å². The van der Waals surface area contributed by atoms with Crippen molar-refractivity contribution in [1.82, 2.24) is 4.98 Å². The van der Waals surface area contributed by atoms with Gasteiger partial charge in [-0.15, -0.1) is 0 Å². The van der Waals surface area contributed by atoms with E-state index in [2.05, 4.69) is 4.98 Å². The number of rotatable bonds is 2. The zero-order valence-electron chi connectivity index (χ0n) is 5.79. The molecule has 3 heteroatoms. The lowest BCUT2D eigenvalue weighted by molar-refractivity contribution is 0.510. The van der Waals surface area contributed by atoms with Gasteiger partial charge in [-0.05, 0) is 6.42 Å². The van der Waals surface area contributed by atoms with Crippen molar-refractivity contribution in [3.63, 3.8) is 0 Å². The smallest absolute Gasteiger partial charge is 0.208 e. The maximum absolute atomic E-state index is 8.25. The average molecular weight is 136 g/mol. The Morgan fingerprint density at radius 1 is 1.80 bits per heavy atom. The van der Waals surface area contributed by atoms with Gasteiger partial charge in [0.2, 0.25) is 5.89 Å². The van der Waals surface area contributed by atoms with Gasteiger partial charge in [-0.2, -0.15) is 5.26 Å². The third kappa shape index (κ3) is 1.35. The van der Waals surface area contributed by atoms with E-state index < -0.39 is 0 Å². The maximum atomic E-state index is 8.25. The summed E-state index contributed by atoms with van der Waals surface area (Å²) in [5, 5.41) is 8.25. The Bertz CT molecular complexity index is 246. The van der Waals surface area contributed by atoms with Gasteiger partial charge in [-0.3, -0.25) is 0 Å². The van der Waals surface area contributed by atoms with Gasteiger partial charge < -0.3 is 4.42 Å². The lowest BCUT2D eigenvalue weighted by Gasteiger charge is -1.79. The van der Waals surface area contributed by atoms with Crippen molar-refractivity contribution in [3.05, 3.63) is 17.8 Å². The van der Waals surface area contributed by atoms with E-state index >= 15 is 0 Å². The molecule has 1 aromatic rings. The van der Waals surface area contributed by atoms with Crippen molar-refractivity contribution >= 4 is 0 Å². The van der Waals surface area contributed by atoms with Crippen molar-refractivity contribution in [2.45, 2.75) is 19.8 Å². The number of nitriles is 1. The summed E-state index contributed by atoms with van der Waals surface area (Å²) in [7, 11) is 0. The van der Waals surface area contributed by atoms with Crippen LogP contribution in [0.2, 0.25) is 0 Å². The van der Waals surface area contributed by atoms with E-state index in [0.717, 1.165) is 12.1 Å². The highest BCUT2D eigenvalue weighted by atomic mass is 16.3. The fraction of sp³-hybridized carbons (Fsp3) is 0.429. The Morgan fingerprint density at radius 2 is 2.60 bits per heavy atom. The molecule has 0 atom stereocenters. The molecule has 0 spiro atoms. The normalized spacial score (nSPS) is 9.20. The highest BCUT2D eigenvalue weighted by Gasteiger charge is 1.99. The molecule has 1 heterocycles. The Kier molecular flexibility index (Phi) is 2.06. The van der Waals surface area contributed by atoms with Crippen molar-refractivity contribution in [2.75, 3.05) is 0 Å². The predicted molar refractivity (Wildman–Crippen MR) is 35.2 cm³/mol. The molecule has 52 valence electrons. The van der Waals surface area contributed by atoms with Crippen LogP contribution in [0.4, 0.5) is 0 Å². The first-order chi connectivity index (χ1) is 4.86. The van der Waals surface area contributed by atoms with Gasteiger partial charge in [0.1, 0.15) is 12.7 Å². The maximum Gasteiger partial charge on any atom is 0.208 e. The van der Waals surface area contributed by atoms with Gasteiger partial charge in [-0.1, -0.05) is 6.92 Å². The number of nitrogens with zero attached hydrogens (tertiary/aromatic N) is 2. The highest BCUT2D eigenvalue weighted by molar-refractivity contribution is 4.99. The minimum absolute atomic E-state index is 0.264. The number of oxazole rings is 1. The fourth-order valence-corrected chi connectivity index (χ4v) is 0.660. The largest absolute Gasteiger partial charge is 0.448 e. The van der Waals surface area contributed by atoms with E-state index in [1.165, 1.54) is 0 Å². The summed E-state index contributed by atoms with van der Waals surface area (Å²) in [5.74, 6) is 0.513. The molecule has 0 saturated heterocycles.